The lowest BCUT2D eigenvalue weighted by Crippen LogP contribution is -2.29. The van der Waals surface area contributed by atoms with Crippen molar-refractivity contribution in [2.45, 2.75) is 6.18 Å². The summed E-state index contributed by atoms with van der Waals surface area (Å²) in [6.45, 7) is 0. The third-order valence-corrected chi connectivity index (χ3v) is 3.78. The Kier molecular flexibility index (Phi) is 6.74. The molecule has 0 spiro atoms. The maximum Gasteiger partial charge on any atom is 0.427 e. The zero-order valence-electron chi connectivity index (χ0n) is 10.8. The fourth-order valence-corrected chi connectivity index (χ4v) is 2.70. The molecule has 0 N–H and O–H groups in total. The number of para-hydroxylation sites is 1. The van der Waals surface area contributed by atoms with Crippen LogP contribution in [0, 0.1) is 0 Å². The predicted molar refractivity (Wildman–Crippen MR) is 82.2 cm³/mol. The number of aryl methyl sites for hydroxylation is 1. The van der Waals surface area contributed by atoms with Crippen molar-refractivity contribution in [3.05, 3.63) is 34.3 Å². The molecular formula is C11H8Cl3F3NO2PS. The van der Waals surface area contributed by atoms with Crippen LogP contribution in [0.25, 0.3) is 16.3 Å². The molecule has 0 aliphatic carbocycles. The van der Waals surface area contributed by atoms with Gasteiger partial charge in [-0.15, -0.1) is 0 Å². The Labute approximate surface area is 142 Å². The molecule has 11 heteroatoms. The quantitative estimate of drug-likeness (QED) is 0.499. The maximum absolute atomic E-state index is 12.3. The minimum absolute atomic E-state index is 0.466. The van der Waals surface area contributed by atoms with E-state index in [9.17, 15) is 22.6 Å². The summed E-state index contributed by atoms with van der Waals surface area (Å²) in [5.74, 6) is 0. The van der Waals surface area contributed by atoms with E-state index in [4.69, 9.17) is 11.6 Å². The predicted octanol–water partition coefficient (Wildman–Crippen LogP) is 4.80. The Balaban J connectivity index is 0.000000422. The number of benzene rings is 1. The molecule has 1 aromatic carbocycles. The Morgan fingerprint density at radius 2 is 1.86 bits per heavy atom. The molecule has 22 heavy (non-hydrogen) atoms. The molecule has 0 unspecified atom stereocenters. The van der Waals surface area contributed by atoms with E-state index in [1.54, 1.807) is 11.6 Å². The first-order valence-corrected chi connectivity index (χ1v) is 10.0. The van der Waals surface area contributed by atoms with Gasteiger partial charge < -0.3 is 9.46 Å². The average molecular weight is 413 g/mol. The summed E-state index contributed by atoms with van der Waals surface area (Å²) in [5, 5.41) is -0.645. The van der Waals surface area contributed by atoms with Gasteiger partial charge in [-0.1, -0.05) is 57.6 Å². The number of allylic oxidation sites excluding steroid dienone is 1. The van der Waals surface area contributed by atoms with Crippen molar-refractivity contribution in [2.24, 2.45) is 7.05 Å². The van der Waals surface area contributed by atoms with E-state index in [0.29, 0.717) is 5.01 Å². The van der Waals surface area contributed by atoms with Gasteiger partial charge in [-0.25, -0.2) is 0 Å². The van der Waals surface area contributed by atoms with Crippen LogP contribution in [0.4, 0.5) is 13.2 Å². The number of halogens is 6. The van der Waals surface area contributed by atoms with Crippen molar-refractivity contribution in [1.29, 1.82) is 0 Å². The minimum atomic E-state index is -4.50. The second-order valence-corrected chi connectivity index (χ2v) is 9.36. The van der Waals surface area contributed by atoms with Crippen molar-refractivity contribution in [3.63, 3.8) is 0 Å². The van der Waals surface area contributed by atoms with Crippen molar-refractivity contribution in [3.8, 4) is 0 Å². The highest BCUT2D eigenvalue weighted by molar-refractivity contribution is 8.03. The summed E-state index contributed by atoms with van der Waals surface area (Å²) in [7, 11) is 1.71. The fourth-order valence-electron chi connectivity index (χ4n) is 1.44. The van der Waals surface area contributed by atoms with Gasteiger partial charge in [-0.2, -0.15) is 17.7 Å². The van der Waals surface area contributed by atoms with Crippen LogP contribution in [-0.2, 0) is 11.6 Å². The maximum atomic E-state index is 12.3. The van der Waals surface area contributed by atoms with Crippen molar-refractivity contribution in [2.75, 3.05) is 0 Å². The third kappa shape index (κ3) is 6.44. The first-order chi connectivity index (χ1) is 9.89. The van der Waals surface area contributed by atoms with Crippen LogP contribution in [0.1, 0.15) is 5.01 Å². The molecule has 0 saturated heterocycles. The van der Waals surface area contributed by atoms with E-state index < -0.39 is 17.3 Å². The van der Waals surface area contributed by atoms with E-state index in [2.05, 4.69) is 22.5 Å². The lowest BCUT2D eigenvalue weighted by atomic mass is 10.3. The van der Waals surface area contributed by atoms with Crippen LogP contribution in [0.2, 0.25) is 0 Å². The topological polar surface area (TPSA) is 44.0 Å². The smallest absolute Gasteiger partial charge is 0.427 e. The Hall–Kier alpha value is -0.300. The van der Waals surface area contributed by atoms with Crippen LogP contribution >= 0.6 is 51.5 Å². The van der Waals surface area contributed by atoms with Gasteiger partial charge in [0.1, 0.15) is 16.8 Å². The molecule has 0 saturated carbocycles. The lowest BCUT2D eigenvalue weighted by Gasteiger charge is -2.01. The fraction of sp³-hybridized carbons (Fsp3) is 0.182. The number of rotatable bonds is 1. The second-order valence-electron chi connectivity index (χ2n) is 3.87. The molecule has 0 aliphatic heterocycles. The van der Waals surface area contributed by atoms with Gasteiger partial charge in [0.05, 0.1) is 0 Å². The molecular weight excluding hydrogens is 405 g/mol. The third-order valence-electron chi connectivity index (χ3n) is 2.29. The first kappa shape index (κ1) is 19.7. The molecule has 2 rings (SSSR count). The molecule has 122 valence electrons. The molecule has 1 heterocycles. The zero-order valence-corrected chi connectivity index (χ0v) is 14.8. The van der Waals surface area contributed by atoms with Gasteiger partial charge in [0, 0.05) is 12.1 Å². The van der Waals surface area contributed by atoms with Gasteiger partial charge in [-0.05, 0) is 6.07 Å². The highest BCUT2D eigenvalue weighted by Crippen LogP contribution is 2.46. The Morgan fingerprint density at radius 3 is 2.32 bits per heavy atom. The van der Waals surface area contributed by atoms with E-state index in [-0.39, 0.29) is 0 Å². The molecule has 3 nitrogen and oxygen atoms in total. The molecule has 0 fully saturated rings. The number of alkyl halides is 3. The van der Waals surface area contributed by atoms with Gasteiger partial charge in [-0.3, -0.25) is 0 Å². The normalized spacial score (nSPS) is 13.0. The molecule has 1 aromatic heterocycles. The molecule has 0 bridgehead atoms. The monoisotopic (exact) mass is 411 g/mol. The highest BCUT2D eigenvalue weighted by atomic mass is 35.9. The van der Waals surface area contributed by atoms with Crippen molar-refractivity contribution < 1.29 is 27.2 Å². The van der Waals surface area contributed by atoms with E-state index in [0.717, 1.165) is 16.3 Å². The summed E-state index contributed by atoms with van der Waals surface area (Å²) in [4.78, 5) is 9.19. The average Bonchev–Trinajstić information content (AvgIpc) is 2.64. The Morgan fingerprint density at radius 1 is 1.36 bits per heavy atom. The molecule has 0 amide bonds. The van der Waals surface area contributed by atoms with Crippen LogP contribution in [0.15, 0.2) is 29.3 Å². The number of hydrogen-bond donors (Lipinski definition) is 0. The van der Waals surface area contributed by atoms with Gasteiger partial charge in [0.15, 0.2) is 6.07 Å². The SMILES string of the molecule is C[n+]1c(C=C(Cl)C(F)(F)F)sc2ccccc21.O=P([O-])(Cl)Cl. The first-order valence-electron chi connectivity index (χ1n) is 5.42. The van der Waals surface area contributed by atoms with Crippen LogP contribution < -0.4 is 9.46 Å². The van der Waals surface area contributed by atoms with Crippen molar-refractivity contribution in [1.82, 2.24) is 0 Å². The number of hydrogen-bond acceptors (Lipinski definition) is 3. The summed E-state index contributed by atoms with van der Waals surface area (Å²) < 4.78 is 48.8. The van der Waals surface area contributed by atoms with Gasteiger partial charge in [0.25, 0.3) is 5.01 Å². The van der Waals surface area contributed by atoms with E-state index >= 15 is 0 Å². The molecule has 2 aromatic rings. The van der Waals surface area contributed by atoms with Gasteiger partial charge in [0.2, 0.25) is 5.52 Å². The van der Waals surface area contributed by atoms with Crippen LogP contribution in [0.3, 0.4) is 0 Å². The zero-order chi connectivity index (χ0) is 17.1. The van der Waals surface area contributed by atoms with E-state index in [1.807, 2.05) is 24.3 Å². The molecule has 0 aliphatic rings. The Bertz CT molecular complexity index is 733. The summed E-state index contributed by atoms with van der Waals surface area (Å²) in [6.07, 6.45) is -7.49. The standard InChI is InChI=1S/C11H8ClF3NS.Cl2HO2P/c1-16-7-4-2-3-5-8(7)17-10(16)6-9(12)11(13,14)15;1-5(2,3)4/h2-6H,1H3;(H,3,4)/q+1;/p-1. The summed E-state index contributed by atoms with van der Waals surface area (Å²) in [5.41, 5.74) is 0.885. The van der Waals surface area contributed by atoms with Gasteiger partial charge >= 0.3 is 6.18 Å². The molecule has 0 atom stereocenters. The lowest BCUT2D eigenvalue weighted by molar-refractivity contribution is -0.642. The molecule has 0 radical (unpaired) electrons. The summed E-state index contributed by atoms with van der Waals surface area (Å²) >= 11 is 15.1. The minimum Gasteiger partial charge on any atom is -0.776 e. The highest BCUT2D eigenvalue weighted by Gasteiger charge is 2.33. The number of aromatic nitrogens is 1. The van der Waals surface area contributed by atoms with Crippen molar-refractivity contribution >= 4 is 67.8 Å². The van der Waals surface area contributed by atoms with E-state index in [1.165, 1.54) is 11.3 Å². The number of nitrogens with zero attached hydrogens (tertiary/aromatic N) is 1. The largest absolute Gasteiger partial charge is 0.776 e. The number of thiazole rings is 1. The second kappa shape index (κ2) is 7.51. The van der Waals surface area contributed by atoms with Crippen LogP contribution in [0.5, 0.6) is 0 Å². The summed E-state index contributed by atoms with van der Waals surface area (Å²) in [6, 6.07) is 7.40. The van der Waals surface area contributed by atoms with Crippen LogP contribution in [-0.4, -0.2) is 6.18 Å². The number of fused-ring (bicyclic) bond motifs is 1.